The van der Waals surface area contributed by atoms with E-state index in [-0.39, 0.29) is 36.6 Å². The number of hydrogen-bond donors (Lipinski definition) is 3. The lowest BCUT2D eigenvalue weighted by Gasteiger charge is -2.21. The van der Waals surface area contributed by atoms with Gasteiger partial charge in [-0.05, 0) is 47.2 Å². The van der Waals surface area contributed by atoms with Crippen LogP contribution in [-0.4, -0.2) is 48.6 Å². The lowest BCUT2D eigenvalue weighted by molar-refractivity contribution is 0.0125. The van der Waals surface area contributed by atoms with E-state index in [1.807, 2.05) is 43.3 Å². The van der Waals surface area contributed by atoms with E-state index >= 15 is 0 Å². The molecule has 35 heavy (non-hydrogen) atoms. The Morgan fingerprint density at radius 1 is 0.971 bits per heavy atom. The fourth-order valence-corrected chi connectivity index (χ4v) is 4.56. The van der Waals surface area contributed by atoms with Gasteiger partial charge in [0.15, 0.2) is 0 Å². The fourth-order valence-electron chi connectivity index (χ4n) is 4.56. The second-order valence-electron chi connectivity index (χ2n) is 8.64. The first kappa shape index (κ1) is 24.4. The van der Waals surface area contributed by atoms with E-state index in [1.165, 1.54) is 7.11 Å². The van der Waals surface area contributed by atoms with Gasteiger partial charge < -0.3 is 25.0 Å². The number of nitrogens with one attached hydrogen (secondary N) is 1. The summed E-state index contributed by atoms with van der Waals surface area (Å²) < 4.78 is 10.3. The molecule has 0 saturated heterocycles. The molecule has 7 nitrogen and oxygen atoms in total. The van der Waals surface area contributed by atoms with Crippen molar-refractivity contribution in [1.29, 1.82) is 0 Å². The molecule has 3 N–H and O–H groups in total. The highest BCUT2D eigenvalue weighted by Gasteiger charge is 2.29. The number of aryl methyl sites for hydroxylation is 1. The molecular formula is C28H29NO6. The summed E-state index contributed by atoms with van der Waals surface area (Å²) in [6.45, 7) is 2.10. The molecule has 0 fully saturated rings. The first-order chi connectivity index (χ1) is 16.9. The molecule has 0 aliphatic heterocycles. The third-order valence-corrected chi connectivity index (χ3v) is 6.35. The summed E-state index contributed by atoms with van der Waals surface area (Å²) in [5, 5.41) is 23.7. The van der Waals surface area contributed by atoms with E-state index in [0.717, 1.165) is 27.8 Å². The number of carbonyl (C=O) groups is 2. The maximum Gasteiger partial charge on any atom is 0.407 e. The van der Waals surface area contributed by atoms with Gasteiger partial charge >= 0.3 is 12.1 Å². The second-order valence-corrected chi connectivity index (χ2v) is 8.64. The normalized spacial score (nSPS) is 13.9. The number of ether oxygens (including phenoxy) is 2. The first-order valence-electron chi connectivity index (χ1n) is 11.5. The lowest BCUT2D eigenvalue weighted by Crippen LogP contribution is -2.31. The fraction of sp³-hybridized carbons (Fsp3) is 0.286. The Balaban J connectivity index is 1.31. The van der Waals surface area contributed by atoms with Crippen molar-refractivity contribution < 1.29 is 29.3 Å². The Morgan fingerprint density at radius 2 is 1.60 bits per heavy atom. The highest BCUT2D eigenvalue weighted by atomic mass is 16.5. The molecule has 2 unspecified atom stereocenters. The number of alkyl carbamates (subject to hydrolysis) is 1. The zero-order valence-electron chi connectivity index (χ0n) is 19.7. The largest absolute Gasteiger partial charge is 0.465 e. The third-order valence-electron chi connectivity index (χ3n) is 6.35. The van der Waals surface area contributed by atoms with E-state index in [2.05, 4.69) is 17.4 Å². The highest BCUT2D eigenvalue weighted by Crippen LogP contribution is 2.44. The van der Waals surface area contributed by atoms with E-state index in [4.69, 9.17) is 9.47 Å². The van der Waals surface area contributed by atoms with Crippen LogP contribution in [0.3, 0.4) is 0 Å². The maximum absolute atomic E-state index is 12.3. The molecule has 3 aromatic carbocycles. The highest BCUT2D eigenvalue weighted by molar-refractivity contribution is 5.91. The molecule has 3 aromatic rings. The number of carbonyl (C=O) groups excluding carboxylic acids is 2. The number of rotatable bonds is 8. The molecule has 7 heteroatoms. The SMILES string of the molecule is COC(=O)c1ccc(C)cc1C(O)C(O)CCNC(=O)OCC1c2ccccc2-c2ccccc21. The Labute approximate surface area is 204 Å². The number of aliphatic hydroxyl groups excluding tert-OH is 2. The van der Waals surface area contributed by atoms with Gasteiger partial charge in [0.25, 0.3) is 0 Å². The number of amides is 1. The summed E-state index contributed by atoms with van der Waals surface area (Å²) in [6.07, 6.45) is -3.04. The molecule has 182 valence electrons. The summed E-state index contributed by atoms with van der Waals surface area (Å²) in [6, 6.07) is 21.1. The molecule has 1 aliphatic rings. The zero-order chi connectivity index (χ0) is 24.9. The summed E-state index contributed by atoms with van der Waals surface area (Å²) in [5.41, 5.74) is 5.85. The average Bonchev–Trinajstić information content (AvgIpc) is 3.20. The molecule has 0 radical (unpaired) electrons. The Hall–Kier alpha value is -3.68. The zero-order valence-corrected chi connectivity index (χ0v) is 19.7. The van der Waals surface area contributed by atoms with Crippen LogP contribution in [-0.2, 0) is 9.47 Å². The molecule has 1 aliphatic carbocycles. The summed E-state index contributed by atoms with van der Waals surface area (Å²) in [5.74, 6) is -0.637. The molecular weight excluding hydrogens is 446 g/mol. The number of aliphatic hydroxyl groups is 2. The Bertz CT molecular complexity index is 1180. The molecule has 1 amide bonds. The quantitative estimate of drug-likeness (QED) is 0.424. The lowest BCUT2D eigenvalue weighted by atomic mass is 9.95. The molecule has 0 saturated carbocycles. The average molecular weight is 476 g/mol. The minimum Gasteiger partial charge on any atom is -0.465 e. The Morgan fingerprint density at radius 3 is 2.23 bits per heavy atom. The molecule has 2 atom stereocenters. The molecule has 0 aromatic heterocycles. The molecule has 0 heterocycles. The van der Waals surface area contributed by atoms with Gasteiger partial charge in [-0.3, -0.25) is 0 Å². The van der Waals surface area contributed by atoms with Crippen molar-refractivity contribution in [2.24, 2.45) is 0 Å². The van der Waals surface area contributed by atoms with E-state index < -0.39 is 24.3 Å². The number of esters is 1. The summed E-state index contributed by atoms with van der Waals surface area (Å²) in [4.78, 5) is 24.4. The number of fused-ring (bicyclic) bond motifs is 3. The smallest absolute Gasteiger partial charge is 0.407 e. The van der Waals surface area contributed by atoms with Crippen LogP contribution in [0.15, 0.2) is 66.7 Å². The third kappa shape index (κ3) is 5.21. The van der Waals surface area contributed by atoms with Crippen LogP contribution in [0.25, 0.3) is 11.1 Å². The van der Waals surface area contributed by atoms with E-state index in [1.54, 1.807) is 18.2 Å². The van der Waals surface area contributed by atoms with E-state index in [0.29, 0.717) is 0 Å². The van der Waals surface area contributed by atoms with Gasteiger partial charge in [0.05, 0.1) is 18.8 Å². The van der Waals surface area contributed by atoms with Crippen LogP contribution in [0.2, 0.25) is 0 Å². The Kier molecular flexibility index (Phi) is 7.48. The van der Waals surface area contributed by atoms with Gasteiger partial charge in [-0.2, -0.15) is 0 Å². The van der Waals surface area contributed by atoms with Crippen molar-refractivity contribution >= 4 is 12.1 Å². The van der Waals surface area contributed by atoms with Crippen LogP contribution in [0.1, 0.15) is 51.1 Å². The number of methoxy groups -OCH3 is 1. The van der Waals surface area contributed by atoms with Crippen LogP contribution in [0.5, 0.6) is 0 Å². The minimum atomic E-state index is -1.31. The van der Waals surface area contributed by atoms with Gasteiger partial charge in [0, 0.05) is 12.5 Å². The number of benzene rings is 3. The first-order valence-corrected chi connectivity index (χ1v) is 11.5. The maximum atomic E-state index is 12.3. The van der Waals surface area contributed by atoms with Crippen molar-refractivity contribution in [2.75, 3.05) is 20.3 Å². The van der Waals surface area contributed by atoms with Gasteiger partial charge in [0.2, 0.25) is 0 Å². The monoisotopic (exact) mass is 475 g/mol. The minimum absolute atomic E-state index is 0.0429. The van der Waals surface area contributed by atoms with Gasteiger partial charge in [-0.1, -0.05) is 66.2 Å². The molecule has 0 bridgehead atoms. The van der Waals surface area contributed by atoms with Crippen molar-refractivity contribution in [3.8, 4) is 11.1 Å². The van der Waals surface area contributed by atoms with Crippen LogP contribution in [0.4, 0.5) is 4.79 Å². The summed E-state index contributed by atoms with van der Waals surface area (Å²) >= 11 is 0. The standard InChI is InChI=1S/C28H29NO6/c1-17-11-12-22(27(32)34-2)23(15-17)26(31)25(30)13-14-29-28(33)35-16-24-20-9-5-3-7-18(20)19-8-4-6-10-21(19)24/h3-12,15,24-26,30-31H,13-14,16H2,1-2H3,(H,29,33). The van der Waals surface area contributed by atoms with Crippen LogP contribution < -0.4 is 5.32 Å². The van der Waals surface area contributed by atoms with Gasteiger partial charge in [-0.25, -0.2) is 9.59 Å². The van der Waals surface area contributed by atoms with Gasteiger partial charge in [-0.15, -0.1) is 0 Å². The van der Waals surface area contributed by atoms with Crippen molar-refractivity contribution in [3.05, 3.63) is 94.5 Å². The van der Waals surface area contributed by atoms with E-state index in [9.17, 15) is 19.8 Å². The van der Waals surface area contributed by atoms with Crippen molar-refractivity contribution in [1.82, 2.24) is 5.32 Å². The molecule has 4 rings (SSSR count). The van der Waals surface area contributed by atoms with Gasteiger partial charge in [0.1, 0.15) is 12.7 Å². The summed E-state index contributed by atoms with van der Waals surface area (Å²) in [7, 11) is 1.26. The molecule has 0 spiro atoms. The number of hydrogen-bond acceptors (Lipinski definition) is 6. The van der Waals surface area contributed by atoms with Crippen LogP contribution >= 0.6 is 0 Å². The van der Waals surface area contributed by atoms with Crippen molar-refractivity contribution in [2.45, 2.75) is 31.5 Å². The van der Waals surface area contributed by atoms with Crippen LogP contribution in [0, 0.1) is 6.92 Å². The second kappa shape index (κ2) is 10.7. The predicted molar refractivity (Wildman–Crippen MR) is 131 cm³/mol. The predicted octanol–water partition coefficient (Wildman–Crippen LogP) is 4.10. The topological polar surface area (TPSA) is 105 Å². The van der Waals surface area contributed by atoms with Crippen molar-refractivity contribution in [3.63, 3.8) is 0 Å².